The summed E-state index contributed by atoms with van der Waals surface area (Å²) in [7, 11) is 0. The predicted octanol–water partition coefficient (Wildman–Crippen LogP) is 6.87. The zero-order chi connectivity index (χ0) is 20.9. The first-order valence-corrected chi connectivity index (χ1v) is 10.9. The SMILES string of the molecule is CCC(C)c1ccc(OCCn2c(Cc3ccccc3Cl)nc3ccccc32)cc1. The summed E-state index contributed by atoms with van der Waals surface area (Å²) in [6.45, 7) is 5.78. The van der Waals surface area contributed by atoms with Crippen molar-refractivity contribution in [2.75, 3.05) is 6.61 Å². The Kier molecular flexibility index (Phi) is 6.39. The van der Waals surface area contributed by atoms with Gasteiger partial charge in [0, 0.05) is 11.4 Å². The maximum absolute atomic E-state index is 6.39. The van der Waals surface area contributed by atoms with Crippen molar-refractivity contribution < 1.29 is 4.74 Å². The van der Waals surface area contributed by atoms with Crippen molar-refractivity contribution in [2.24, 2.45) is 0 Å². The number of aromatic nitrogens is 2. The molecule has 3 aromatic carbocycles. The lowest BCUT2D eigenvalue weighted by Gasteiger charge is -2.13. The van der Waals surface area contributed by atoms with Gasteiger partial charge in [-0.05, 0) is 53.8 Å². The van der Waals surface area contributed by atoms with E-state index in [0.717, 1.165) is 46.2 Å². The minimum absolute atomic E-state index is 0.573. The van der Waals surface area contributed by atoms with Crippen LogP contribution in [0.15, 0.2) is 72.8 Å². The highest BCUT2D eigenvalue weighted by molar-refractivity contribution is 6.31. The number of para-hydroxylation sites is 2. The monoisotopic (exact) mass is 418 g/mol. The molecule has 3 nitrogen and oxygen atoms in total. The second kappa shape index (κ2) is 9.36. The second-order valence-corrected chi connectivity index (χ2v) is 8.07. The van der Waals surface area contributed by atoms with E-state index in [-0.39, 0.29) is 0 Å². The van der Waals surface area contributed by atoms with Gasteiger partial charge in [0.25, 0.3) is 0 Å². The van der Waals surface area contributed by atoms with Gasteiger partial charge in [-0.25, -0.2) is 4.98 Å². The molecule has 1 unspecified atom stereocenters. The van der Waals surface area contributed by atoms with E-state index in [9.17, 15) is 0 Å². The Labute approximate surface area is 183 Å². The number of fused-ring (bicyclic) bond motifs is 1. The summed E-state index contributed by atoms with van der Waals surface area (Å²) in [5.74, 6) is 2.47. The summed E-state index contributed by atoms with van der Waals surface area (Å²) in [6, 6.07) is 24.7. The Morgan fingerprint density at radius 2 is 1.70 bits per heavy atom. The maximum atomic E-state index is 6.39. The Balaban J connectivity index is 1.51. The molecule has 30 heavy (non-hydrogen) atoms. The van der Waals surface area contributed by atoms with Gasteiger partial charge in [-0.3, -0.25) is 0 Å². The highest BCUT2D eigenvalue weighted by Crippen LogP contribution is 2.24. The van der Waals surface area contributed by atoms with Crippen molar-refractivity contribution in [3.8, 4) is 5.75 Å². The van der Waals surface area contributed by atoms with E-state index in [1.165, 1.54) is 5.56 Å². The predicted molar refractivity (Wildman–Crippen MR) is 125 cm³/mol. The molecule has 0 aliphatic carbocycles. The Morgan fingerprint density at radius 1 is 0.967 bits per heavy atom. The fourth-order valence-electron chi connectivity index (χ4n) is 3.71. The van der Waals surface area contributed by atoms with Crippen LogP contribution in [-0.4, -0.2) is 16.2 Å². The summed E-state index contributed by atoms with van der Waals surface area (Å²) in [5, 5.41) is 0.772. The summed E-state index contributed by atoms with van der Waals surface area (Å²) >= 11 is 6.39. The first-order valence-electron chi connectivity index (χ1n) is 10.6. The Morgan fingerprint density at radius 3 is 2.47 bits per heavy atom. The Hall–Kier alpha value is -2.78. The van der Waals surface area contributed by atoms with Gasteiger partial charge in [0.1, 0.15) is 18.2 Å². The molecule has 0 radical (unpaired) electrons. The molecule has 0 amide bonds. The second-order valence-electron chi connectivity index (χ2n) is 7.66. The van der Waals surface area contributed by atoms with Gasteiger partial charge in [-0.2, -0.15) is 0 Å². The summed E-state index contributed by atoms with van der Waals surface area (Å²) in [5.41, 5.74) is 4.55. The topological polar surface area (TPSA) is 27.1 Å². The molecule has 154 valence electrons. The number of hydrogen-bond acceptors (Lipinski definition) is 2. The minimum Gasteiger partial charge on any atom is -0.492 e. The number of halogens is 1. The van der Waals surface area contributed by atoms with Crippen LogP contribution in [0.2, 0.25) is 5.02 Å². The molecule has 0 spiro atoms. The summed E-state index contributed by atoms with van der Waals surface area (Å²) < 4.78 is 8.29. The highest BCUT2D eigenvalue weighted by atomic mass is 35.5. The van der Waals surface area contributed by atoms with Gasteiger partial charge in [0.05, 0.1) is 17.6 Å². The van der Waals surface area contributed by atoms with Crippen molar-refractivity contribution in [2.45, 2.75) is 39.2 Å². The van der Waals surface area contributed by atoms with Crippen molar-refractivity contribution in [3.63, 3.8) is 0 Å². The fourth-order valence-corrected chi connectivity index (χ4v) is 3.91. The minimum atomic E-state index is 0.573. The summed E-state index contributed by atoms with van der Waals surface area (Å²) in [6.07, 6.45) is 1.83. The first kappa shape index (κ1) is 20.5. The molecule has 0 aliphatic rings. The van der Waals surface area contributed by atoms with Gasteiger partial charge in [0.15, 0.2) is 0 Å². The number of nitrogens with zero attached hydrogens (tertiary/aromatic N) is 2. The first-order chi connectivity index (χ1) is 14.7. The van der Waals surface area contributed by atoms with Gasteiger partial charge >= 0.3 is 0 Å². The molecule has 0 aliphatic heterocycles. The normalized spacial score (nSPS) is 12.2. The molecule has 0 fully saturated rings. The van der Waals surface area contributed by atoms with E-state index in [1.54, 1.807) is 0 Å². The molecule has 0 saturated heterocycles. The van der Waals surface area contributed by atoms with Crippen LogP contribution in [0.4, 0.5) is 0 Å². The lowest BCUT2D eigenvalue weighted by molar-refractivity contribution is 0.298. The van der Waals surface area contributed by atoms with E-state index in [4.69, 9.17) is 21.3 Å². The van der Waals surface area contributed by atoms with Crippen LogP contribution in [0.5, 0.6) is 5.75 Å². The zero-order valence-electron chi connectivity index (χ0n) is 17.5. The average molecular weight is 419 g/mol. The van der Waals surface area contributed by atoms with Gasteiger partial charge in [0.2, 0.25) is 0 Å². The van der Waals surface area contributed by atoms with Crippen LogP contribution >= 0.6 is 11.6 Å². The zero-order valence-corrected chi connectivity index (χ0v) is 18.3. The molecule has 4 aromatic rings. The molecule has 1 heterocycles. The lowest BCUT2D eigenvalue weighted by Crippen LogP contribution is -2.12. The van der Waals surface area contributed by atoms with Crippen LogP contribution in [0.25, 0.3) is 11.0 Å². The third kappa shape index (κ3) is 4.52. The molecule has 4 rings (SSSR count). The van der Waals surface area contributed by atoms with Crippen LogP contribution in [0, 0.1) is 0 Å². The molecular formula is C26H27ClN2O. The molecule has 0 bridgehead atoms. The van der Waals surface area contributed by atoms with E-state index < -0.39 is 0 Å². The van der Waals surface area contributed by atoms with Crippen molar-refractivity contribution in [1.29, 1.82) is 0 Å². The number of hydrogen-bond donors (Lipinski definition) is 0. The van der Waals surface area contributed by atoms with Crippen LogP contribution < -0.4 is 4.74 Å². The van der Waals surface area contributed by atoms with Crippen molar-refractivity contribution >= 4 is 22.6 Å². The van der Waals surface area contributed by atoms with Crippen molar-refractivity contribution in [1.82, 2.24) is 9.55 Å². The van der Waals surface area contributed by atoms with Gasteiger partial charge in [-0.1, -0.05) is 67.9 Å². The number of rotatable bonds is 8. The highest BCUT2D eigenvalue weighted by Gasteiger charge is 2.12. The van der Waals surface area contributed by atoms with Gasteiger partial charge in [-0.15, -0.1) is 0 Å². The molecule has 1 aromatic heterocycles. The Bertz CT molecular complexity index is 1120. The smallest absolute Gasteiger partial charge is 0.119 e. The van der Waals surface area contributed by atoms with Crippen molar-refractivity contribution in [3.05, 3.63) is 94.8 Å². The molecule has 0 saturated carbocycles. The standard InChI is InChI=1S/C26H27ClN2O/c1-3-19(2)20-12-14-22(15-13-20)30-17-16-29-25-11-7-6-10-24(25)28-26(29)18-21-8-4-5-9-23(21)27/h4-15,19H,3,16-18H2,1-2H3. The molecular weight excluding hydrogens is 392 g/mol. The quantitative estimate of drug-likeness (QED) is 0.312. The lowest BCUT2D eigenvalue weighted by atomic mass is 9.99. The molecule has 4 heteroatoms. The average Bonchev–Trinajstić information content (AvgIpc) is 3.12. The summed E-state index contributed by atoms with van der Waals surface area (Å²) in [4.78, 5) is 4.86. The van der Waals surface area contributed by atoms with Crippen LogP contribution in [0.3, 0.4) is 0 Å². The third-order valence-electron chi connectivity index (χ3n) is 5.69. The molecule has 1 atom stereocenters. The van der Waals surface area contributed by atoms with Crippen LogP contribution in [-0.2, 0) is 13.0 Å². The third-order valence-corrected chi connectivity index (χ3v) is 6.05. The van der Waals surface area contributed by atoms with Gasteiger partial charge < -0.3 is 9.30 Å². The largest absolute Gasteiger partial charge is 0.492 e. The number of imidazole rings is 1. The number of ether oxygens (including phenoxy) is 1. The fraction of sp³-hybridized carbons (Fsp3) is 0.269. The van der Waals surface area contributed by atoms with E-state index in [2.05, 4.69) is 60.9 Å². The maximum Gasteiger partial charge on any atom is 0.119 e. The van der Waals surface area contributed by atoms with E-state index in [0.29, 0.717) is 18.9 Å². The molecule has 0 N–H and O–H groups in total. The van der Waals surface area contributed by atoms with E-state index in [1.807, 2.05) is 30.3 Å². The number of benzene rings is 3. The van der Waals surface area contributed by atoms with Crippen LogP contribution in [0.1, 0.15) is 43.1 Å². The van der Waals surface area contributed by atoms with E-state index >= 15 is 0 Å².